The van der Waals surface area contributed by atoms with Gasteiger partial charge in [0.25, 0.3) is 0 Å². The minimum atomic E-state index is 0.0917. The Balaban J connectivity index is 1.55. The molecule has 1 aromatic heterocycles. The van der Waals surface area contributed by atoms with Crippen LogP contribution in [0.25, 0.3) is 11.3 Å². The van der Waals surface area contributed by atoms with E-state index in [9.17, 15) is 0 Å². The van der Waals surface area contributed by atoms with Crippen molar-refractivity contribution in [1.29, 1.82) is 0 Å². The summed E-state index contributed by atoms with van der Waals surface area (Å²) in [4.78, 5) is 0. The van der Waals surface area contributed by atoms with Crippen LogP contribution in [0.5, 0.6) is 0 Å². The maximum absolute atomic E-state index is 5.32. The van der Waals surface area contributed by atoms with E-state index < -0.39 is 0 Å². The highest BCUT2D eigenvalue weighted by Crippen LogP contribution is 2.28. The van der Waals surface area contributed by atoms with Gasteiger partial charge in [-0.25, -0.2) is 4.68 Å². The van der Waals surface area contributed by atoms with Gasteiger partial charge in [0.15, 0.2) is 0 Å². The first-order chi connectivity index (χ1) is 11.3. The predicted octanol–water partition coefficient (Wildman–Crippen LogP) is 2.56. The number of hydrogen-bond donors (Lipinski definition) is 0. The zero-order chi connectivity index (χ0) is 15.6. The van der Waals surface area contributed by atoms with Crippen molar-refractivity contribution in [2.75, 3.05) is 20.0 Å². The lowest BCUT2D eigenvalue weighted by Gasteiger charge is -2.21. The van der Waals surface area contributed by atoms with Crippen molar-refractivity contribution in [1.82, 2.24) is 15.0 Å². The van der Waals surface area contributed by atoms with E-state index >= 15 is 0 Å². The fraction of sp³-hybridized carbons (Fsp3) is 0.444. The molecule has 0 spiro atoms. The van der Waals surface area contributed by atoms with Crippen LogP contribution < -0.4 is 0 Å². The van der Waals surface area contributed by atoms with Crippen molar-refractivity contribution in [3.05, 3.63) is 35.5 Å². The Morgan fingerprint density at radius 3 is 2.78 bits per heavy atom. The highest BCUT2D eigenvalue weighted by Gasteiger charge is 2.19. The van der Waals surface area contributed by atoms with E-state index in [2.05, 4.69) is 47.3 Å². The molecule has 0 amide bonds. The van der Waals surface area contributed by atoms with Crippen LogP contribution in [-0.2, 0) is 9.47 Å². The standard InChI is InChI=1S/C18H19N3O2/c1-13-8-15(5-4-14-2-3-14)6-7-17(13)18-9-21(20-19-18)16-10-22-12-23-11-16/h6-9,14,16H,2-3,10-12H2,1H3. The van der Waals surface area contributed by atoms with Crippen molar-refractivity contribution in [2.45, 2.75) is 25.8 Å². The number of aromatic nitrogens is 3. The number of hydrogen-bond acceptors (Lipinski definition) is 4. The average Bonchev–Trinajstić information content (AvgIpc) is 3.29. The molecule has 118 valence electrons. The van der Waals surface area contributed by atoms with Gasteiger partial charge in [-0.15, -0.1) is 5.10 Å². The SMILES string of the molecule is Cc1cc(C#CC2CC2)ccc1-c1cn(C2COCOC2)nn1. The summed E-state index contributed by atoms with van der Waals surface area (Å²) in [5, 5.41) is 8.53. The minimum absolute atomic E-state index is 0.0917. The second kappa shape index (κ2) is 6.15. The van der Waals surface area contributed by atoms with Gasteiger partial charge in [-0.1, -0.05) is 23.1 Å². The summed E-state index contributed by atoms with van der Waals surface area (Å²) in [6.45, 7) is 3.67. The highest BCUT2D eigenvalue weighted by atomic mass is 16.7. The molecule has 23 heavy (non-hydrogen) atoms. The van der Waals surface area contributed by atoms with Crippen molar-refractivity contribution >= 4 is 0 Å². The number of rotatable bonds is 2. The minimum Gasteiger partial charge on any atom is -0.353 e. The molecule has 1 aromatic carbocycles. The van der Waals surface area contributed by atoms with E-state index in [1.165, 1.54) is 12.8 Å². The third kappa shape index (κ3) is 3.29. The van der Waals surface area contributed by atoms with Gasteiger partial charge in [0.1, 0.15) is 18.5 Å². The van der Waals surface area contributed by atoms with Gasteiger partial charge in [-0.3, -0.25) is 0 Å². The van der Waals surface area contributed by atoms with E-state index in [1.54, 1.807) is 0 Å². The zero-order valence-electron chi connectivity index (χ0n) is 13.2. The third-order valence-corrected chi connectivity index (χ3v) is 4.17. The maximum atomic E-state index is 5.32. The van der Waals surface area contributed by atoms with Crippen molar-refractivity contribution in [3.8, 4) is 23.1 Å². The summed E-state index contributed by atoms with van der Waals surface area (Å²) in [7, 11) is 0. The first-order valence-electron chi connectivity index (χ1n) is 7.99. The van der Waals surface area contributed by atoms with Gasteiger partial charge in [0, 0.05) is 17.0 Å². The molecule has 2 heterocycles. The van der Waals surface area contributed by atoms with Gasteiger partial charge >= 0.3 is 0 Å². The molecule has 1 saturated carbocycles. The molecule has 5 nitrogen and oxygen atoms in total. The average molecular weight is 309 g/mol. The lowest BCUT2D eigenvalue weighted by molar-refractivity contribution is -0.123. The lowest BCUT2D eigenvalue weighted by Crippen LogP contribution is -2.27. The fourth-order valence-electron chi connectivity index (χ4n) is 2.65. The molecule has 4 rings (SSSR count). The van der Waals surface area contributed by atoms with Crippen molar-refractivity contribution in [2.24, 2.45) is 5.92 Å². The second-order valence-corrected chi connectivity index (χ2v) is 6.17. The van der Waals surface area contributed by atoms with E-state index in [4.69, 9.17) is 9.47 Å². The van der Waals surface area contributed by atoms with Crippen LogP contribution in [0.15, 0.2) is 24.4 Å². The number of aryl methyl sites for hydroxylation is 1. The van der Waals surface area contributed by atoms with Gasteiger partial charge in [-0.05, 0) is 37.5 Å². The molecular formula is C18H19N3O2. The first-order valence-corrected chi connectivity index (χ1v) is 7.99. The number of benzene rings is 1. The Morgan fingerprint density at radius 1 is 1.22 bits per heavy atom. The van der Waals surface area contributed by atoms with Crippen LogP contribution in [0, 0.1) is 24.7 Å². The van der Waals surface area contributed by atoms with Crippen LogP contribution in [0.1, 0.15) is 30.0 Å². The third-order valence-electron chi connectivity index (χ3n) is 4.17. The summed E-state index contributed by atoms with van der Waals surface area (Å²) in [5.41, 5.74) is 4.19. The molecule has 0 bridgehead atoms. The molecule has 2 aliphatic rings. The smallest absolute Gasteiger partial charge is 0.146 e. The van der Waals surface area contributed by atoms with Gasteiger partial charge in [0.05, 0.1) is 19.4 Å². The molecule has 5 heteroatoms. The summed E-state index contributed by atoms with van der Waals surface area (Å²) in [5.74, 6) is 7.18. The quantitative estimate of drug-likeness (QED) is 0.800. The topological polar surface area (TPSA) is 49.2 Å². The Kier molecular flexibility index (Phi) is 3.86. The van der Waals surface area contributed by atoms with Crippen LogP contribution in [0.3, 0.4) is 0 Å². The highest BCUT2D eigenvalue weighted by molar-refractivity contribution is 5.64. The van der Waals surface area contributed by atoms with Crippen LogP contribution in [-0.4, -0.2) is 35.0 Å². The van der Waals surface area contributed by atoms with E-state index in [-0.39, 0.29) is 6.04 Å². The normalized spacial score (nSPS) is 18.5. The summed E-state index contributed by atoms with van der Waals surface area (Å²) in [6, 6.07) is 6.35. The molecule has 1 aliphatic heterocycles. The van der Waals surface area contributed by atoms with Crippen molar-refractivity contribution in [3.63, 3.8) is 0 Å². The van der Waals surface area contributed by atoms with Crippen LogP contribution in [0.2, 0.25) is 0 Å². The zero-order valence-corrected chi connectivity index (χ0v) is 13.2. The Labute approximate surface area is 135 Å². The molecule has 0 unspecified atom stereocenters. The van der Waals surface area contributed by atoms with Gasteiger partial charge in [0.2, 0.25) is 0 Å². The fourth-order valence-corrected chi connectivity index (χ4v) is 2.65. The van der Waals surface area contributed by atoms with E-state index in [0.29, 0.717) is 25.9 Å². The van der Waals surface area contributed by atoms with Crippen LogP contribution >= 0.6 is 0 Å². The largest absolute Gasteiger partial charge is 0.353 e. The summed E-state index contributed by atoms with van der Waals surface area (Å²) >= 11 is 0. The van der Waals surface area contributed by atoms with Gasteiger partial charge < -0.3 is 9.47 Å². The molecule has 0 N–H and O–H groups in total. The molecular weight excluding hydrogens is 290 g/mol. The lowest BCUT2D eigenvalue weighted by atomic mass is 10.0. The Bertz CT molecular complexity index is 762. The van der Waals surface area contributed by atoms with E-state index in [1.807, 2.05) is 10.9 Å². The second-order valence-electron chi connectivity index (χ2n) is 6.17. The van der Waals surface area contributed by atoms with Crippen LogP contribution in [0.4, 0.5) is 0 Å². The Morgan fingerprint density at radius 2 is 2.04 bits per heavy atom. The Hall–Kier alpha value is -2.16. The molecule has 2 aromatic rings. The maximum Gasteiger partial charge on any atom is 0.146 e. The van der Waals surface area contributed by atoms with Gasteiger partial charge in [-0.2, -0.15) is 0 Å². The predicted molar refractivity (Wildman–Crippen MR) is 85.6 cm³/mol. The number of nitrogens with zero attached hydrogens (tertiary/aromatic N) is 3. The monoisotopic (exact) mass is 309 g/mol. The number of ether oxygens (including phenoxy) is 2. The molecule has 0 radical (unpaired) electrons. The van der Waals surface area contributed by atoms with E-state index in [0.717, 1.165) is 22.4 Å². The molecule has 2 fully saturated rings. The molecule has 1 saturated heterocycles. The molecule has 1 aliphatic carbocycles. The first kappa shape index (κ1) is 14.4. The van der Waals surface area contributed by atoms with Crippen molar-refractivity contribution < 1.29 is 9.47 Å². The summed E-state index contributed by atoms with van der Waals surface area (Å²) < 4.78 is 12.5. The molecule has 0 atom stereocenters. The summed E-state index contributed by atoms with van der Waals surface area (Å²) in [6.07, 6.45) is 4.46.